The predicted octanol–water partition coefficient (Wildman–Crippen LogP) is 3.61. The van der Waals surface area contributed by atoms with Gasteiger partial charge in [-0.05, 0) is 23.3 Å². The van der Waals surface area contributed by atoms with Crippen LogP contribution in [0.3, 0.4) is 0 Å². The lowest BCUT2D eigenvalue weighted by Crippen LogP contribution is -2.41. The number of nitrogens with zero attached hydrogens (tertiary/aromatic N) is 1. The molecule has 0 radical (unpaired) electrons. The van der Waals surface area contributed by atoms with E-state index in [4.69, 9.17) is 9.47 Å². The van der Waals surface area contributed by atoms with Gasteiger partial charge in [-0.3, -0.25) is 4.90 Å². The number of hydrogen-bond acceptors (Lipinski definition) is 3. The van der Waals surface area contributed by atoms with Crippen LogP contribution in [0.15, 0.2) is 60.7 Å². The summed E-state index contributed by atoms with van der Waals surface area (Å²) in [6.45, 7) is 3.69. The molecule has 1 unspecified atom stereocenters. The van der Waals surface area contributed by atoms with Crippen LogP contribution in [-0.2, 0) is 11.3 Å². The van der Waals surface area contributed by atoms with Crippen molar-refractivity contribution < 1.29 is 9.47 Å². The van der Waals surface area contributed by atoms with Gasteiger partial charge in [0.25, 0.3) is 0 Å². The molecule has 3 nitrogen and oxygen atoms in total. The Morgan fingerprint density at radius 3 is 2.65 bits per heavy atom. The van der Waals surface area contributed by atoms with Crippen molar-refractivity contribution >= 4 is 6.08 Å². The van der Waals surface area contributed by atoms with Gasteiger partial charge in [0, 0.05) is 19.6 Å². The van der Waals surface area contributed by atoms with E-state index in [9.17, 15) is 0 Å². The minimum absolute atomic E-state index is 0.148. The normalized spacial score (nSPS) is 19.1. The molecule has 0 aliphatic carbocycles. The first-order chi connectivity index (χ1) is 11.3. The molecule has 1 saturated heterocycles. The Kier molecular flexibility index (Phi) is 5.46. The zero-order valence-electron chi connectivity index (χ0n) is 13.5. The Labute approximate surface area is 138 Å². The molecule has 2 aromatic rings. The average molecular weight is 309 g/mol. The van der Waals surface area contributed by atoms with E-state index in [2.05, 4.69) is 59.5 Å². The van der Waals surface area contributed by atoms with Crippen molar-refractivity contribution in [1.82, 2.24) is 4.90 Å². The van der Waals surface area contributed by atoms with Crippen LogP contribution in [0.1, 0.15) is 11.1 Å². The van der Waals surface area contributed by atoms with E-state index in [1.807, 2.05) is 12.1 Å². The molecule has 1 aliphatic heterocycles. The molecule has 120 valence electrons. The largest absolute Gasteiger partial charge is 0.497 e. The lowest BCUT2D eigenvalue weighted by Gasteiger charge is -2.31. The summed E-state index contributed by atoms with van der Waals surface area (Å²) in [7, 11) is 1.68. The third-order valence-electron chi connectivity index (χ3n) is 4.05. The SMILES string of the molecule is COc1ccc(/C=C/C2CN(Cc3ccccc3)CCO2)cc1. The predicted molar refractivity (Wildman–Crippen MR) is 93.5 cm³/mol. The Morgan fingerprint density at radius 1 is 1.13 bits per heavy atom. The van der Waals surface area contributed by atoms with Gasteiger partial charge < -0.3 is 9.47 Å². The van der Waals surface area contributed by atoms with Crippen LogP contribution in [0.2, 0.25) is 0 Å². The molecular formula is C20H23NO2. The van der Waals surface area contributed by atoms with Crippen molar-refractivity contribution in [3.63, 3.8) is 0 Å². The number of hydrogen-bond donors (Lipinski definition) is 0. The minimum Gasteiger partial charge on any atom is -0.497 e. The van der Waals surface area contributed by atoms with E-state index in [1.54, 1.807) is 7.11 Å². The van der Waals surface area contributed by atoms with Crippen LogP contribution >= 0.6 is 0 Å². The number of methoxy groups -OCH3 is 1. The second-order valence-corrected chi connectivity index (χ2v) is 5.76. The average Bonchev–Trinajstić information content (AvgIpc) is 2.62. The summed E-state index contributed by atoms with van der Waals surface area (Å²) in [5.74, 6) is 0.880. The molecule has 2 aromatic carbocycles. The number of ether oxygens (including phenoxy) is 2. The van der Waals surface area contributed by atoms with Crippen LogP contribution < -0.4 is 4.74 Å². The molecule has 0 amide bonds. The zero-order chi connectivity index (χ0) is 15.9. The lowest BCUT2D eigenvalue weighted by molar-refractivity contribution is -0.00610. The summed E-state index contributed by atoms with van der Waals surface area (Å²) >= 11 is 0. The molecular weight excluding hydrogens is 286 g/mol. The third-order valence-corrected chi connectivity index (χ3v) is 4.05. The van der Waals surface area contributed by atoms with E-state index in [0.717, 1.165) is 37.6 Å². The summed E-state index contributed by atoms with van der Waals surface area (Å²) in [4.78, 5) is 2.45. The molecule has 1 aliphatic rings. The van der Waals surface area contributed by atoms with Crippen LogP contribution in [0.25, 0.3) is 6.08 Å². The summed E-state index contributed by atoms with van der Waals surface area (Å²) in [5.41, 5.74) is 2.52. The van der Waals surface area contributed by atoms with Gasteiger partial charge >= 0.3 is 0 Å². The first kappa shape index (κ1) is 15.8. The van der Waals surface area contributed by atoms with Crippen molar-refractivity contribution in [3.8, 4) is 5.75 Å². The van der Waals surface area contributed by atoms with E-state index < -0.39 is 0 Å². The van der Waals surface area contributed by atoms with Crippen LogP contribution in [-0.4, -0.2) is 37.8 Å². The van der Waals surface area contributed by atoms with Gasteiger partial charge in [-0.25, -0.2) is 0 Å². The Morgan fingerprint density at radius 2 is 1.91 bits per heavy atom. The summed E-state index contributed by atoms with van der Waals surface area (Å²) in [6.07, 6.45) is 4.42. The molecule has 0 bridgehead atoms. The second-order valence-electron chi connectivity index (χ2n) is 5.76. The molecule has 3 rings (SSSR count). The highest BCUT2D eigenvalue weighted by Gasteiger charge is 2.18. The van der Waals surface area contributed by atoms with Gasteiger partial charge in [-0.2, -0.15) is 0 Å². The molecule has 0 N–H and O–H groups in total. The highest BCUT2D eigenvalue weighted by molar-refractivity contribution is 5.51. The first-order valence-electron chi connectivity index (χ1n) is 8.03. The Bertz CT molecular complexity index is 622. The lowest BCUT2D eigenvalue weighted by atomic mass is 10.1. The van der Waals surface area contributed by atoms with Gasteiger partial charge in [0.2, 0.25) is 0 Å². The van der Waals surface area contributed by atoms with E-state index in [1.165, 1.54) is 5.56 Å². The molecule has 0 aromatic heterocycles. The number of rotatable bonds is 5. The maximum absolute atomic E-state index is 5.86. The monoisotopic (exact) mass is 309 g/mol. The summed E-state index contributed by atoms with van der Waals surface area (Å²) < 4.78 is 11.0. The quantitative estimate of drug-likeness (QED) is 0.842. The smallest absolute Gasteiger partial charge is 0.118 e. The number of benzene rings is 2. The Balaban J connectivity index is 1.56. The van der Waals surface area contributed by atoms with Gasteiger partial charge in [-0.1, -0.05) is 54.6 Å². The topological polar surface area (TPSA) is 21.7 Å². The molecule has 1 atom stereocenters. The second kappa shape index (κ2) is 7.95. The molecule has 1 fully saturated rings. The van der Waals surface area contributed by atoms with E-state index in [-0.39, 0.29) is 6.10 Å². The zero-order valence-corrected chi connectivity index (χ0v) is 13.5. The van der Waals surface area contributed by atoms with E-state index in [0.29, 0.717) is 0 Å². The minimum atomic E-state index is 0.148. The maximum Gasteiger partial charge on any atom is 0.118 e. The van der Waals surface area contributed by atoms with E-state index >= 15 is 0 Å². The summed E-state index contributed by atoms with van der Waals surface area (Å²) in [6, 6.07) is 18.7. The number of morpholine rings is 1. The van der Waals surface area contributed by atoms with Crippen LogP contribution in [0.5, 0.6) is 5.75 Å². The fourth-order valence-corrected chi connectivity index (χ4v) is 2.77. The maximum atomic E-state index is 5.86. The molecule has 3 heteroatoms. The highest BCUT2D eigenvalue weighted by Crippen LogP contribution is 2.15. The van der Waals surface area contributed by atoms with Crippen molar-refractivity contribution in [2.24, 2.45) is 0 Å². The first-order valence-corrected chi connectivity index (χ1v) is 8.03. The van der Waals surface area contributed by atoms with Crippen molar-refractivity contribution in [3.05, 3.63) is 71.8 Å². The van der Waals surface area contributed by atoms with Gasteiger partial charge in [0.15, 0.2) is 0 Å². The molecule has 0 saturated carbocycles. The molecule has 23 heavy (non-hydrogen) atoms. The van der Waals surface area contributed by atoms with Crippen molar-refractivity contribution in [2.75, 3.05) is 26.8 Å². The van der Waals surface area contributed by atoms with Gasteiger partial charge in [0.1, 0.15) is 5.75 Å². The standard InChI is InChI=1S/C20H23NO2/c1-22-19-10-7-17(8-11-19)9-12-20-16-21(13-14-23-20)15-18-5-3-2-4-6-18/h2-12,20H,13-16H2,1H3/b12-9+. The summed E-state index contributed by atoms with van der Waals surface area (Å²) in [5, 5.41) is 0. The third kappa shape index (κ3) is 4.68. The molecule has 0 spiro atoms. The van der Waals surface area contributed by atoms with Crippen LogP contribution in [0, 0.1) is 0 Å². The van der Waals surface area contributed by atoms with Crippen molar-refractivity contribution in [1.29, 1.82) is 0 Å². The van der Waals surface area contributed by atoms with Crippen molar-refractivity contribution in [2.45, 2.75) is 12.6 Å². The van der Waals surface area contributed by atoms with Gasteiger partial charge in [0.05, 0.1) is 19.8 Å². The Hall–Kier alpha value is -2.10. The molecule has 1 heterocycles. The fraction of sp³-hybridized carbons (Fsp3) is 0.300. The highest BCUT2D eigenvalue weighted by atomic mass is 16.5. The van der Waals surface area contributed by atoms with Crippen LogP contribution in [0.4, 0.5) is 0 Å². The van der Waals surface area contributed by atoms with Gasteiger partial charge in [-0.15, -0.1) is 0 Å². The fourth-order valence-electron chi connectivity index (χ4n) is 2.77.